The van der Waals surface area contributed by atoms with Gasteiger partial charge in [-0.1, -0.05) is 12.1 Å². The monoisotopic (exact) mass is 458 g/mol. The SMILES string of the molecule is Cc1ccnc(Oc2ccc(-c3c(I)n(C)c4nc(N)ncc34)cc2)n1. The van der Waals surface area contributed by atoms with Gasteiger partial charge in [0.05, 0.1) is 3.70 Å². The number of ether oxygens (including phenoxy) is 1. The van der Waals surface area contributed by atoms with E-state index in [4.69, 9.17) is 10.5 Å². The zero-order valence-corrected chi connectivity index (χ0v) is 16.3. The van der Waals surface area contributed by atoms with Gasteiger partial charge in [0.15, 0.2) is 0 Å². The highest BCUT2D eigenvalue weighted by Gasteiger charge is 2.16. The van der Waals surface area contributed by atoms with E-state index in [0.29, 0.717) is 11.8 Å². The zero-order chi connectivity index (χ0) is 18.3. The fourth-order valence-electron chi connectivity index (χ4n) is 2.73. The zero-order valence-electron chi connectivity index (χ0n) is 14.1. The van der Waals surface area contributed by atoms with Crippen LogP contribution in [0.4, 0.5) is 5.95 Å². The lowest BCUT2D eigenvalue weighted by Gasteiger charge is -2.06. The molecular formula is C18H15IN6O. The van der Waals surface area contributed by atoms with Gasteiger partial charge >= 0.3 is 6.01 Å². The molecule has 3 aromatic heterocycles. The summed E-state index contributed by atoms with van der Waals surface area (Å²) in [5, 5.41) is 0.960. The maximum absolute atomic E-state index is 5.73. The first-order chi connectivity index (χ1) is 12.5. The van der Waals surface area contributed by atoms with Crippen LogP contribution < -0.4 is 10.5 Å². The van der Waals surface area contributed by atoms with E-state index in [9.17, 15) is 0 Å². The molecule has 3 heterocycles. The summed E-state index contributed by atoms with van der Waals surface area (Å²) in [5.41, 5.74) is 9.51. The van der Waals surface area contributed by atoms with Crippen LogP contribution in [0.2, 0.25) is 0 Å². The van der Waals surface area contributed by atoms with Gasteiger partial charge in [-0.25, -0.2) is 15.0 Å². The fourth-order valence-corrected chi connectivity index (χ4v) is 3.57. The number of aromatic nitrogens is 5. The summed E-state index contributed by atoms with van der Waals surface area (Å²) in [6, 6.07) is 9.95. The molecule has 0 atom stereocenters. The van der Waals surface area contributed by atoms with E-state index in [1.54, 1.807) is 12.4 Å². The predicted octanol–water partition coefficient (Wildman–Crippen LogP) is 3.71. The van der Waals surface area contributed by atoms with Crippen LogP contribution in [0.1, 0.15) is 5.69 Å². The Bertz CT molecular complexity index is 1110. The number of anilines is 1. The van der Waals surface area contributed by atoms with Crippen LogP contribution in [0.15, 0.2) is 42.7 Å². The summed E-state index contributed by atoms with van der Waals surface area (Å²) in [7, 11) is 1.96. The van der Waals surface area contributed by atoms with Gasteiger partial charge in [-0.3, -0.25) is 0 Å². The Balaban J connectivity index is 1.71. The Morgan fingerprint density at radius 2 is 1.85 bits per heavy atom. The van der Waals surface area contributed by atoms with Gasteiger partial charge in [0, 0.05) is 36.1 Å². The molecule has 0 spiro atoms. The van der Waals surface area contributed by atoms with E-state index in [0.717, 1.165) is 31.6 Å². The van der Waals surface area contributed by atoms with E-state index in [2.05, 4.69) is 42.5 Å². The minimum absolute atomic E-state index is 0.267. The van der Waals surface area contributed by atoms with Crippen LogP contribution in [0.5, 0.6) is 11.8 Å². The summed E-state index contributed by atoms with van der Waals surface area (Å²) < 4.78 is 8.79. The van der Waals surface area contributed by atoms with Gasteiger partial charge in [-0.2, -0.15) is 4.98 Å². The third-order valence-electron chi connectivity index (χ3n) is 4.00. The van der Waals surface area contributed by atoms with Gasteiger partial charge in [0.25, 0.3) is 0 Å². The predicted molar refractivity (Wildman–Crippen MR) is 108 cm³/mol. The standard InChI is InChI=1S/C18H15IN6O/c1-10-7-8-21-18(23-10)26-12-5-3-11(4-6-12)14-13-9-22-17(20)24-16(13)25(2)15(14)19/h3-9H,1-2H3,(H2,20,22,24). The average molecular weight is 458 g/mol. The highest BCUT2D eigenvalue weighted by Crippen LogP contribution is 2.35. The molecule has 8 heteroatoms. The smallest absolute Gasteiger partial charge is 0.322 e. The number of hydrogen-bond acceptors (Lipinski definition) is 6. The van der Waals surface area contributed by atoms with Crippen LogP contribution in [0, 0.1) is 10.6 Å². The lowest BCUT2D eigenvalue weighted by atomic mass is 10.1. The molecule has 0 amide bonds. The summed E-state index contributed by atoms with van der Waals surface area (Å²) in [5.74, 6) is 0.943. The Morgan fingerprint density at radius 3 is 2.58 bits per heavy atom. The molecule has 1 aromatic carbocycles. The second kappa shape index (κ2) is 6.52. The summed E-state index contributed by atoms with van der Waals surface area (Å²) in [6.07, 6.45) is 3.44. The Hall–Kier alpha value is -2.75. The van der Waals surface area contributed by atoms with Gasteiger partial charge in [-0.15, -0.1) is 0 Å². The molecule has 0 aliphatic rings. The number of nitrogens with zero attached hydrogens (tertiary/aromatic N) is 5. The first kappa shape index (κ1) is 16.7. The molecule has 2 N–H and O–H groups in total. The number of nitrogen functional groups attached to an aromatic ring is 1. The highest BCUT2D eigenvalue weighted by molar-refractivity contribution is 14.1. The molecule has 0 saturated carbocycles. The number of aryl methyl sites for hydroxylation is 2. The van der Waals surface area contributed by atoms with Crippen molar-refractivity contribution in [3.63, 3.8) is 0 Å². The largest absolute Gasteiger partial charge is 0.424 e. The molecule has 26 heavy (non-hydrogen) atoms. The van der Waals surface area contributed by atoms with E-state index in [1.807, 2.05) is 48.9 Å². The van der Waals surface area contributed by atoms with Crippen LogP contribution >= 0.6 is 22.6 Å². The molecular weight excluding hydrogens is 443 g/mol. The maximum Gasteiger partial charge on any atom is 0.322 e. The molecule has 0 bridgehead atoms. The van der Waals surface area contributed by atoms with Gasteiger partial charge < -0.3 is 15.0 Å². The summed E-state index contributed by atoms with van der Waals surface area (Å²) in [4.78, 5) is 16.9. The van der Waals surface area contributed by atoms with E-state index >= 15 is 0 Å². The topological polar surface area (TPSA) is 91.7 Å². The first-order valence-electron chi connectivity index (χ1n) is 7.87. The molecule has 0 radical (unpaired) electrons. The lowest BCUT2D eigenvalue weighted by Crippen LogP contribution is -1.97. The van der Waals surface area contributed by atoms with Crippen LogP contribution in [-0.4, -0.2) is 24.5 Å². The first-order valence-corrected chi connectivity index (χ1v) is 8.95. The van der Waals surface area contributed by atoms with Crippen molar-refractivity contribution < 1.29 is 4.74 Å². The molecule has 0 aliphatic carbocycles. The van der Waals surface area contributed by atoms with Crippen molar-refractivity contribution >= 4 is 39.6 Å². The summed E-state index contributed by atoms with van der Waals surface area (Å²) >= 11 is 2.31. The molecule has 4 aromatic rings. The van der Waals surface area contributed by atoms with Crippen molar-refractivity contribution in [1.82, 2.24) is 24.5 Å². The van der Waals surface area contributed by atoms with Crippen LogP contribution in [0.3, 0.4) is 0 Å². The highest BCUT2D eigenvalue weighted by atomic mass is 127. The van der Waals surface area contributed by atoms with Gasteiger partial charge in [-0.05, 0) is 53.3 Å². The molecule has 0 fully saturated rings. The second-order valence-corrected chi connectivity index (χ2v) is 6.82. The van der Waals surface area contributed by atoms with Crippen molar-refractivity contribution in [2.45, 2.75) is 6.92 Å². The molecule has 0 saturated heterocycles. The maximum atomic E-state index is 5.73. The Kier molecular flexibility index (Phi) is 4.19. The summed E-state index contributed by atoms with van der Waals surface area (Å²) in [6.45, 7) is 1.90. The molecule has 0 aliphatic heterocycles. The number of hydrogen-bond donors (Lipinski definition) is 1. The van der Waals surface area contributed by atoms with E-state index < -0.39 is 0 Å². The molecule has 130 valence electrons. The van der Waals surface area contributed by atoms with Crippen molar-refractivity contribution in [3.8, 4) is 22.9 Å². The number of halogens is 1. The van der Waals surface area contributed by atoms with Crippen LogP contribution in [0.25, 0.3) is 22.2 Å². The Labute approximate surface area is 163 Å². The third kappa shape index (κ3) is 2.96. The van der Waals surface area contributed by atoms with Crippen molar-refractivity contribution in [2.75, 3.05) is 5.73 Å². The van der Waals surface area contributed by atoms with Crippen molar-refractivity contribution in [2.24, 2.45) is 7.05 Å². The van der Waals surface area contributed by atoms with Crippen molar-refractivity contribution in [1.29, 1.82) is 0 Å². The van der Waals surface area contributed by atoms with Crippen molar-refractivity contribution in [3.05, 3.63) is 52.1 Å². The van der Waals surface area contributed by atoms with Crippen LogP contribution in [-0.2, 0) is 7.05 Å². The van der Waals surface area contributed by atoms with E-state index in [-0.39, 0.29) is 5.95 Å². The van der Waals surface area contributed by atoms with Gasteiger partial charge in [0.2, 0.25) is 5.95 Å². The molecule has 4 rings (SSSR count). The number of rotatable bonds is 3. The number of fused-ring (bicyclic) bond motifs is 1. The number of benzene rings is 1. The normalized spacial score (nSPS) is 11.0. The lowest BCUT2D eigenvalue weighted by molar-refractivity contribution is 0.440. The third-order valence-corrected chi connectivity index (χ3v) is 5.26. The minimum Gasteiger partial charge on any atom is -0.424 e. The fraction of sp³-hybridized carbons (Fsp3) is 0.111. The molecule has 0 unspecified atom stereocenters. The Morgan fingerprint density at radius 1 is 1.08 bits per heavy atom. The quantitative estimate of drug-likeness (QED) is 0.471. The minimum atomic E-state index is 0.267. The number of nitrogens with two attached hydrogens (primary N) is 1. The molecule has 7 nitrogen and oxygen atoms in total. The van der Waals surface area contributed by atoms with E-state index in [1.165, 1.54) is 0 Å². The second-order valence-electron chi connectivity index (χ2n) is 5.80. The average Bonchev–Trinajstić information content (AvgIpc) is 2.87. The van der Waals surface area contributed by atoms with Gasteiger partial charge in [0.1, 0.15) is 11.4 Å².